The van der Waals surface area contributed by atoms with E-state index in [0.29, 0.717) is 37.1 Å². The zero-order valence-corrected chi connectivity index (χ0v) is 63.7. The zero-order valence-electron chi connectivity index (χ0n) is 59.2. The molecule has 0 unspecified atom stereocenters. The normalized spacial score (nSPS) is 16.8. The number of hydrazine groups is 2. The smallest absolute Gasteiger partial charge is 0.408 e. The third-order valence-electron chi connectivity index (χ3n) is 15.5. The highest BCUT2D eigenvalue weighted by Crippen LogP contribution is 2.29. The molecule has 8 atom stereocenters. The largest absolute Gasteiger partial charge is 0.481 e. The monoisotopic (exact) mass is 1570 g/mol. The molecular weight excluding hydrogens is 1480 g/mol. The Kier molecular flexibility index (Phi) is 34.4. The van der Waals surface area contributed by atoms with E-state index in [1.165, 1.54) is 23.9 Å². The summed E-state index contributed by atoms with van der Waals surface area (Å²) in [5.74, 6) is -5.17. The minimum atomic E-state index is -1.78. The standard InChI is InChI=1S/C31H39Cl3N8O6.C19H30Cl3N7O6.C17H19NO3/c1-18(27(45)42-13-5-6-25(40-42)28(46)48-17-31(32,33)34)38-26(44)24(10-12-37-41-35)39-29(47)30(3,4)11-9-23-15-22-14-20(19(2)43)7-8-21(22)16-36-23;1-11(15(31)29-9-5-6-13(27-29)16(32)34-10-19(20,21)22)25-14(30)12(7-8-24-28-23)26-17(33)35-18(2,3)4;1-11(19)12-4-5-13-10-18-15(9-14(13)8-12)6-7-17(2,3)16(20)21/h7-9,11,14-16,18-19,24-25,40,43H,5-6,10,12-13,17H2,1-4H3,(H,38,44)(H,39,47);11-13,27H,5-10H2,1-4H3,(H,25,30)(H,26,33);4-11,19H,1-3H3,(H,20,21)/b11-9+;;7-6+/t18-,19+,24-,25-;11-,12-,13-;11-/m001/s1. The highest BCUT2D eigenvalue weighted by Gasteiger charge is 2.37. The molecule has 2 fully saturated rings. The van der Waals surface area contributed by atoms with Crippen LogP contribution in [0.25, 0.3) is 54.6 Å². The number of benzene rings is 2. The van der Waals surface area contributed by atoms with E-state index < -0.39 is 139 Å². The van der Waals surface area contributed by atoms with E-state index in [0.717, 1.165) is 32.7 Å². The number of aliphatic hydroxyl groups excluding tert-OH is 2. The number of hydrogen-bond acceptors (Lipinski definition) is 20. The second kappa shape index (κ2) is 40.5. The lowest BCUT2D eigenvalue weighted by molar-refractivity contribution is -0.154. The molecular formula is C67H88Cl6N16O15. The zero-order chi connectivity index (χ0) is 78.1. The number of hydrogen-bond donors (Lipinski definition) is 9. The van der Waals surface area contributed by atoms with Crippen molar-refractivity contribution in [3.05, 3.63) is 116 Å². The van der Waals surface area contributed by atoms with Gasteiger partial charge in [0, 0.05) is 59.2 Å². The molecule has 4 aromatic rings. The van der Waals surface area contributed by atoms with Gasteiger partial charge in [-0.3, -0.25) is 58.3 Å². The first kappa shape index (κ1) is 88.4. The molecule has 4 heterocycles. The minimum absolute atomic E-state index is 0.0187. The fourth-order valence-corrected chi connectivity index (χ4v) is 9.87. The van der Waals surface area contributed by atoms with Crippen LogP contribution in [0.15, 0.2) is 83.3 Å². The molecule has 2 aromatic heterocycles. The first-order valence-electron chi connectivity index (χ1n) is 32.7. The summed E-state index contributed by atoms with van der Waals surface area (Å²) >= 11 is 33.7. The van der Waals surface area contributed by atoms with Crippen molar-refractivity contribution >= 4 is 157 Å². The van der Waals surface area contributed by atoms with Crippen LogP contribution >= 0.6 is 69.6 Å². The maximum atomic E-state index is 13.4. The number of ether oxygens (including phenoxy) is 3. The third-order valence-corrected chi connectivity index (χ3v) is 16.1. The third kappa shape index (κ3) is 30.6. The minimum Gasteiger partial charge on any atom is -0.481 e. The van der Waals surface area contributed by atoms with Gasteiger partial charge in [-0.15, -0.1) is 0 Å². The van der Waals surface area contributed by atoms with Crippen LogP contribution in [0.4, 0.5) is 4.79 Å². The molecule has 6 rings (SSSR count). The number of fused-ring (bicyclic) bond motifs is 2. The number of alkyl halides is 6. The van der Waals surface area contributed by atoms with Gasteiger partial charge in [0.15, 0.2) is 0 Å². The number of amides is 6. The predicted molar refractivity (Wildman–Crippen MR) is 394 cm³/mol. The van der Waals surface area contributed by atoms with Crippen LogP contribution in [-0.2, 0) is 52.6 Å². The number of carboxylic acids is 1. The molecule has 568 valence electrons. The molecule has 2 aromatic carbocycles. The number of alkyl carbamates (subject to hydrolysis) is 1. The van der Waals surface area contributed by atoms with Gasteiger partial charge in [-0.05, 0) is 184 Å². The number of carboxylic acid groups (broad SMARTS) is 1. The van der Waals surface area contributed by atoms with Gasteiger partial charge in [0.1, 0.15) is 55.1 Å². The highest BCUT2D eigenvalue weighted by molar-refractivity contribution is 6.68. The Hall–Kier alpha value is -8.03. The van der Waals surface area contributed by atoms with Crippen LogP contribution in [0.1, 0.15) is 149 Å². The molecule has 31 nitrogen and oxygen atoms in total. The first-order chi connectivity index (χ1) is 48.4. The van der Waals surface area contributed by atoms with Gasteiger partial charge in [0.2, 0.25) is 25.3 Å². The second-order valence-electron chi connectivity index (χ2n) is 26.4. The van der Waals surface area contributed by atoms with E-state index in [1.807, 2.05) is 48.5 Å². The maximum Gasteiger partial charge on any atom is 0.408 e. The number of nitrogens with zero attached hydrogens (tertiary/aromatic N) is 10. The number of nitrogens with one attached hydrogen (secondary N) is 6. The van der Waals surface area contributed by atoms with Crippen molar-refractivity contribution in [2.75, 3.05) is 39.4 Å². The molecule has 0 spiro atoms. The number of halogens is 6. The van der Waals surface area contributed by atoms with E-state index in [4.69, 9.17) is 100.0 Å². The molecule has 0 saturated carbocycles. The fourth-order valence-electron chi connectivity index (χ4n) is 9.54. The van der Waals surface area contributed by atoms with Gasteiger partial charge < -0.3 is 50.8 Å². The van der Waals surface area contributed by atoms with Gasteiger partial charge in [-0.25, -0.2) is 15.6 Å². The van der Waals surface area contributed by atoms with Gasteiger partial charge >= 0.3 is 24.0 Å². The summed E-state index contributed by atoms with van der Waals surface area (Å²) in [6, 6.07) is 8.97. The van der Waals surface area contributed by atoms with E-state index in [2.05, 4.69) is 62.1 Å². The SMILES string of the molecule is C[C@@H](O)c1ccc2cnc(/C=C/C(C)(C)C(=O)O)cc2c1.C[C@H](NC(=O)[C@H](CCN=[N+]=[N-])NC(=O)C(C)(C)/C=C/c1cc2cc([C@@H](C)O)ccc2cn1)C(=O)N1CCC[C@@H](C(=O)OCC(Cl)(Cl)Cl)N1.C[C@H](NC(=O)[C@H](CCN=[N+]=[N-])NC(=O)OC(C)(C)C)C(=O)N1CCC[C@@H](C(=O)OCC(Cl)(Cl)Cl)N1. The summed E-state index contributed by atoms with van der Waals surface area (Å²) in [5.41, 5.74) is 22.8. The number of aliphatic carboxylic acids is 1. The van der Waals surface area contributed by atoms with Crippen molar-refractivity contribution in [1.82, 2.24) is 52.1 Å². The summed E-state index contributed by atoms with van der Waals surface area (Å²) in [6.45, 7) is 17.4. The van der Waals surface area contributed by atoms with E-state index in [1.54, 1.807) is 99.0 Å². The van der Waals surface area contributed by atoms with Crippen LogP contribution in [0.2, 0.25) is 0 Å². The number of carbonyl (C=O) groups excluding carboxylic acids is 8. The van der Waals surface area contributed by atoms with Gasteiger partial charge in [0.25, 0.3) is 11.8 Å². The van der Waals surface area contributed by atoms with Gasteiger partial charge in [-0.1, -0.05) is 116 Å². The summed E-state index contributed by atoms with van der Waals surface area (Å²) in [4.78, 5) is 127. The predicted octanol–water partition coefficient (Wildman–Crippen LogP) is 10.3. The topological polar surface area (TPSA) is 444 Å². The molecule has 0 radical (unpaired) electrons. The van der Waals surface area contributed by atoms with Crippen molar-refractivity contribution in [2.24, 2.45) is 21.1 Å². The quantitative estimate of drug-likeness (QED) is 0.00704. The van der Waals surface area contributed by atoms with Crippen LogP contribution in [0.3, 0.4) is 0 Å². The second-order valence-corrected chi connectivity index (χ2v) is 31.5. The average molecular weight is 1570 g/mol. The number of pyridine rings is 2. The average Bonchev–Trinajstić information content (AvgIpc) is 0.815. The maximum absolute atomic E-state index is 13.4. The summed E-state index contributed by atoms with van der Waals surface area (Å²) in [5, 5.41) is 51.9. The van der Waals surface area contributed by atoms with Crippen LogP contribution in [0.5, 0.6) is 0 Å². The molecule has 2 aliphatic heterocycles. The van der Waals surface area contributed by atoms with E-state index in [-0.39, 0.29) is 39.0 Å². The van der Waals surface area contributed by atoms with Crippen molar-refractivity contribution in [2.45, 2.75) is 176 Å². The van der Waals surface area contributed by atoms with Crippen LogP contribution in [0, 0.1) is 10.8 Å². The number of aromatic nitrogens is 2. The lowest BCUT2D eigenvalue weighted by Crippen LogP contribution is -2.60. The summed E-state index contributed by atoms with van der Waals surface area (Å²) in [6.07, 6.45) is 9.82. The Balaban J connectivity index is 0.000000356. The van der Waals surface area contributed by atoms with Crippen LogP contribution in [-0.4, -0.2) is 178 Å². The number of aliphatic hydroxyl groups is 2. The van der Waals surface area contributed by atoms with Crippen molar-refractivity contribution in [1.29, 1.82) is 0 Å². The lowest BCUT2D eigenvalue weighted by atomic mass is 9.90. The number of esters is 2. The Morgan fingerprint density at radius 1 is 0.606 bits per heavy atom. The summed E-state index contributed by atoms with van der Waals surface area (Å²) < 4.78 is 11.6. The molecule has 6 amide bonds. The van der Waals surface area contributed by atoms with Gasteiger partial charge in [-0.2, -0.15) is 0 Å². The fraction of sp³-hybridized carbons (Fsp3) is 0.537. The Morgan fingerprint density at radius 3 is 1.37 bits per heavy atom. The van der Waals surface area contributed by atoms with Crippen molar-refractivity contribution in [3.8, 4) is 0 Å². The molecule has 2 saturated heterocycles. The molecule has 0 bridgehead atoms. The Labute approximate surface area is 631 Å². The molecule has 104 heavy (non-hydrogen) atoms. The summed E-state index contributed by atoms with van der Waals surface area (Å²) in [7, 11) is 0. The Morgan fingerprint density at radius 2 is 1.00 bits per heavy atom. The number of carbonyl (C=O) groups is 9. The molecule has 37 heteroatoms. The van der Waals surface area contributed by atoms with Gasteiger partial charge in [0.05, 0.1) is 34.4 Å². The van der Waals surface area contributed by atoms with Crippen molar-refractivity contribution < 1.29 is 72.7 Å². The first-order valence-corrected chi connectivity index (χ1v) is 35.0. The molecule has 2 aliphatic rings. The molecule has 0 aliphatic carbocycles. The highest BCUT2D eigenvalue weighted by atomic mass is 35.6. The number of rotatable bonds is 26. The van der Waals surface area contributed by atoms with Crippen molar-refractivity contribution in [3.63, 3.8) is 0 Å². The Bertz CT molecular complexity index is 3850. The lowest BCUT2D eigenvalue weighted by Gasteiger charge is -2.34. The molecule has 9 N–H and O–H groups in total. The number of azide groups is 2. The van der Waals surface area contributed by atoms with Crippen LogP contribution < -0.4 is 32.1 Å². The van der Waals surface area contributed by atoms with E-state index >= 15 is 0 Å². The van der Waals surface area contributed by atoms with E-state index in [9.17, 15) is 53.4 Å².